The van der Waals surface area contributed by atoms with Crippen molar-refractivity contribution >= 4 is 23.8 Å². The highest BCUT2D eigenvalue weighted by Crippen LogP contribution is 2.32. The average molecular weight is 265 g/mol. The van der Waals surface area contributed by atoms with E-state index in [0.29, 0.717) is 5.75 Å². The minimum atomic E-state index is -0.546. The maximum Gasteiger partial charge on any atom is 0.417 e. The van der Waals surface area contributed by atoms with E-state index in [-0.39, 0.29) is 18.1 Å². The van der Waals surface area contributed by atoms with E-state index >= 15 is 0 Å². The number of ether oxygens (including phenoxy) is 1. The molecule has 0 radical (unpaired) electrons. The third-order valence-corrected chi connectivity index (χ3v) is 3.47. The molecule has 0 N–H and O–H groups in total. The Kier molecular flexibility index (Phi) is 3.91. The average Bonchev–Trinajstić information content (AvgIpc) is 2.66. The molecule has 2 amide bonds. The number of hydrogen-bond donors (Lipinski definition) is 0. The number of carbonyl (C=O) groups is 2. The predicted octanol–water partition coefficient (Wildman–Crippen LogP) is 2.46. The van der Waals surface area contributed by atoms with Crippen molar-refractivity contribution in [1.29, 1.82) is 0 Å². The summed E-state index contributed by atoms with van der Waals surface area (Å²) in [6, 6.07) is 9.22. The highest BCUT2D eigenvalue weighted by Gasteiger charge is 2.42. The molecule has 5 heteroatoms. The number of thioether (sulfide) groups is 1. The molecule has 0 aliphatic carbocycles. The zero-order valence-corrected chi connectivity index (χ0v) is 11.1. The fourth-order valence-electron chi connectivity index (χ4n) is 2.08. The molecule has 1 aliphatic rings. The number of hydrogen-bond acceptors (Lipinski definition) is 4. The number of benzene rings is 1. The minimum Gasteiger partial charge on any atom is -0.439 e. The number of imide groups is 1. The van der Waals surface area contributed by atoms with Crippen LogP contribution < -0.4 is 0 Å². The molecule has 2 atom stereocenters. The molecule has 0 bridgehead atoms. The van der Waals surface area contributed by atoms with E-state index in [9.17, 15) is 9.59 Å². The molecule has 1 fully saturated rings. The highest BCUT2D eigenvalue weighted by molar-refractivity contribution is 7.99. The first-order valence-electron chi connectivity index (χ1n) is 5.71. The van der Waals surface area contributed by atoms with Gasteiger partial charge in [-0.05, 0) is 18.7 Å². The van der Waals surface area contributed by atoms with Crippen molar-refractivity contribution in [2.45, 2.75) is 19.1 Å². The lowest BCUT2D eigenvalue weighted by molar-refractivity contribution is -0.126. The Labute approximate surface area is 110 Å². The Hall–Kier alpha value is -1.49. The van der Waals surface area contributed by atoms with Crippen LogP contribution in [0.15, 0.2) is 30.3 Å². The molecule has 4 nitrogen and oxygen atoms in total. The van der Waals surface area contributed by atoms with Crippen LogP contribution in [0.2, 0.25) is 0 Å². The van der Waals surface area contributed by atoms with Crippen molar-refractivity contribution in [2.75, 3.05) is 12.0 Å². The Balaban J connectivity index is 2.19. The van der Waals surface area contributed by atoms with Crippen molar-refractivity contribution in [3.8, 4) is 0 Å². The van der Waals surface area contributed by atoms with Gasteiger partial charge in [0.1, 0.15) is 6.10 Å². The van der Waals surface area contributed by atoms with Crippen molar-refractivity contribution in [3.63, 3.8) is 0 Å². The topological polar surface area (TPSA) is 46.6 Å². The van der Waals surface area contributed by atoms with E-state index in [2.05, 4.69) is 0 Å². The Bertz CT molecular complexity index is 449. The zero-order valence-electron chi connectivity index (χ0n) is 10.3. The van der Waals surface area contributed by atoms with E-state index in [1.54, 1.807) is 0 Å². The molecular formula is C13H15NO3S. The van der Waals surface area contributed by atoms with Crippen LogP contribution in [0.4, 0.5) is 4.79 Å². The van der Waals surface area contributed by atoms with Crippen molar-refractivity contribution in [1.82, 2.24) is 4.90 Å². The van der Waals surface area contributed by atoms with Gasteiger partial charge in [0.2, 0.25) is 5.91 Å². The highest BCUT2D eigenvalue weighted by atomic mass is 32.2. The van der Waals surface area contributed by atoms with E-state index in [1.807, 2.05) is 43.5 Å². The van der Waals surface area contributed by atoms with Gasteiger partial charge in [0, 0.05) is 0 Å². The van der Waals surface area contributed by atoms with Crippen molar-refractivity contribution in [2.24, 2.45) is 0 Å². The van der Waals surface area contributed by atoms with Crippen LogP contribution in [0, 0.1) is 0 Å². The van der Waals surface area contributed by atoms with Gasteiger partial charge in [-0.15, -0.1) is 0 Å². The molecule has 0 saturated carbocycles. The van der Waals surface area contributed by atoms with Gasteiger partial charge in [0.05, 0.1) is 11.8 Å². The number of cyclic esters (lactones) is 1. The molecule has 1 aromatic rings. The first kappa shape index (κ1) is 13.0. The second-order valence-electron chi connectivity index (χ2n) is 4.15. The number of nitrogens with zero attached hydrogens (tertiary/aromatic N) is 1. The van der Waals surface area contributed by atoms with E-state index in [0.717, 1.165) is 5.56 Å². The third kappa shape index (κ3) is 2.36. The summed E-state index contributed by atoms with van der Waals surface area (Å²) in [6.07, 6.45) is 0.915. The summed E-state index contributed by atoms with van der Waals surface area (Å²) in [5, 5.41) is 0. The van der Waals surface area contributed by atoms with Gasteiger partial charge < -0.3 is 4.74 Å². The normalized spacial score (nSPS) is 23.0. The van der Waals surface area contributed by atoms with Crippen LogP contribution in [0.3, 0.4) is 0 Å². The maximum absolute atomic E-state index is 11.8. The number of carbonyl (C=O) groups excluding carboxylic acids is 2. The molecule has 1 heterocycles. The van der Waals surface area contributed by atoms with Gasteiger partial charge in [0.15, 0.2) is 0 Å². The fourth-order valence-corrected chi connectivity index (χ4v) is 2.46. The fraction of sp³-hybridized carbons (Fsp3) is 0.385. The quantitative estimate of drug-likeness (QED) is 0.842. The summed E-state index contributed by atoms with van der Waals surface area (Å²) in [5.74, 6) is 0.0967. The Morgan fingerprint density at radius 2 is 2.06 bits per heavy atom. The first-order valence-corrected chi connectivity index (χ1v) is 7.11. The molecule has 0 aromatic heterocycles. The summed E-state index contributed by atoms with van der Waals surface area (Å²) >= 11 is 1.40. The lowest BCUT2D eigenvalue weighted by Gasteiger charge is -2.18. The molecular weight excluding hydrogens is 250 g/mol. The van der Waals surface area contributed by atoms with Gasteiger partial charge in [-0.2, -0.15) is 11.8 Å². The van der Waals surface area contributed by atoms with Crippen molar-refractivity contribution in [3.05, 3.63) is 35.9 Å². The molecule has 2 rings (SSSR count). The molecule has 1 aliphatic heterocycles. The maximum atomic E-state index is 11.8. The molecule has 0 spiro atoms. The third-order valence-electron chi connectivity index (χ3n) is 2.93. The monoisotopic (exact) mass is 265 g/mol. The van der Waals surface area contributed by atoms with Crippen LogP contribution >= 0.6 is 11.8 Å². The van der Waals surface area contributed by atoms with Crippen LogP contribution in [-0.4, -0.2) is 35.0 Å². The molecule has 18 heavy (non-hydrogen) atoms. The summed E-state index contributed by atoms with van der Waals surface area (Å²) in [5.41, 5.74) is 0.915. The SMILES string of the molecule is CSCC(=O)N1C(=O)O[C@@H](c2ccccc2)[C@H]1C. The Morgan fingerprint density at radius 1 is 1.39 bits per heavy atom. The second kappa shape index (κ2) is 5.44. The zero-order chi connectivity index (χ0) is 13.1. The van der Waals surface area contributed by atoms with Crippen LogP contribution in [-0.2, 0) is 9.53 Å². The second-order valence-corrected chi connectivity index (χ2v) is 5.02. The lowest BCUT2D eigenvalue weighted by Crippen LogP contribution is -2.38. The summed E-state index contributed by atoms with van der Waals surface area (Å²) < 4.78 is 5.30. The van der Waals surface area contributed by atoms with Crippen LogP contribution in [0.5, 0.6) is 0 Å². The van der Waals surface area contributed by atoms with E-state index in [1.165, 1.54) is 16.7 Å². The molecule has 1 aromatic carbocycles. The molecule has 96 valence electrons. The van der Waals surface area contributed by atoms with Gasteiger partial charge >= 0.3 is 6.09 Å². The lowest BCUT2D eigenvalue weighted by atomic mass is 10.0. The van der Waals surface area contributed by atoms with Crippen molar-refractivity contribution < 1.29 is 14.3 Å². The minimum absolute atomic E-state index is 0.196. The summed E-state index contributed by atoms with van der Waals surface area (Å²) in [6.45, 7) is 1.83. The molecule has 1 saturated heterocycles. The van der Waals surface area contributed by atoms with Crippen LogP contribution in [0.25, 0.3) is 0 Å². The number of amides is 2. The standard InChI is InChI=1S/C13H15NO3S/c1-9-12(10-6-4-3-5-7-10)17-13(16)14(9)11(15)8-18-2/h3-7,9,12H,8H2,1-2H3/t9-,12-/m1/s1. The van der Waals surface area contributed by atoms with Gasteiger partial charge in [0.25, 0.3) is 0 Å². The number of rotatable bonds is 3. The summed E-state index contributed by atoms with van der Waals surface area (Å²) in [4.78, 5) is 24.8. The van der Waals surface area contributed by atoms with Gasteiger partial charge in [-0.25, -0.2) is 9.69 Å². The largest absolute Gasteiger partial charge is 0.439 e. The van der Waals surface area contributed by atoms with Crippen LogP contribution in [0.1, 0.15) is 18.6 Å². The van der Waals surface area contributed by atoms with E-state index < -0.39 is 6.09 Å². The van der Waals surface area contributed by atoms with Gasteiger partial charge in [-0.3, -0.25) is 4.79 Å². The summed E-state index contributed by atoms with van der Waals surface area (Å²) in [7, 11) is 0. The predicted molar refractivity (Wildman–Crippen MR) is 70.4 cm³/mol. The first-order chi connectivity index (χ1) is 8.65. The van der Waals surface area contributed by atoms with Gasteiger partial charge in [-0.1, -0.05) is 30.3 Å². The van der Waals surface area contributed by atoms with E-state index in [4.69, 9.17) is 4.74 Å². The smallest absolute Gasteiger partial charge is 0.417 e. The Morgan fingerprint density at radius 3 is 2.67 bits per heavy atom. The molecule has 0 unspecified atom stereocenters.